The first kappa shape index (κ1) is 27.8. The van der Waals surface area contributed by atoms with Gasteiger partial charge >= 0.3 is 6.01 Å². The summed E-state index contributed by atoms with van der Waals surface area (Å²) in [7, 11) is 0. The fourth-order valence-corrected chi connectivity index (χ4v) is 9.80. The Balaban J connectivity index is 1.25. The van der Waals surface area contributed by atoms with Crippen LogP contribution in [0.3, 0.4) is 0 Å². The van der Waals surface area contributed by atoms with E-state index in [9.17, 15) is 9.65 Å². The summed E-state index contributed by atoms with van der Waals surface area (Å²) in [6, 6.07) is 8.01. The number of nitrogens with zero attached hydrogens (tertiary/aromatic N) is 5. The van der Waals surface area contributed by atoms with E-state index in [2.05, 4.69) is 26.2 Å². The van der Waals surface area contributed by atoms with Crippen LogP contribution in [-0.4, -0.2) is 77.6 Å². The van der Waals surface area contributed by atoms with Gasteiger partial charge in [0.1, 0.15) is 41.8 Å². The highest BCUT2D eigenvalue weighted by atomic mass is 35.5. The first-order chi connectivity index (χ1) is 21.8. The lowest BCUT2D eigenvalue weighted by molar-refractivity contribution is 0.107. The van der Waals surface area contributed by atoms with E-state index in [1.807, 2.05) is 6.07 Å². The minimum atomic E-state index is -0.901. The third-order valence-corrected chi connectivity index (χ3v) is 11.9. The van der Waals surface area contributed by atoms with Crippen LogP contribution in [0.25, 0.3) is 32.1 Å². The summed E-state index contributed by atoms with van der Waals surface area (Å²) in [5, 5.41) is 15.0. The first-order valence-corrected chi connectivity index (χ1v) is 16.7. The number of nitrogens with two attached hydrogens (primary N) is 1. The van der Waals surface area contributed by atoms with Gasteiger partial charge < -0.3 is 25.4 Å². The van der Waals surface area contributed by atoms with Crippen molar-refractivity contribution in [1.82, 2.24) is 20.2 Å². The number of alkyl halides is 1. The van der Waals surface area contributed by atoms with E-state index in [4.69, 9.17) is 31.8 Å². The second-order valence-corrected chi connectivity index (χ2v) is 14.4. The number of nitriles is 1. The zero-order valence-corrected chi connectivity index (χ0v) is 25.9. The molecule has 0 amide bonds. The number of anilines is 2. The lowest BCUT2D eigenvalue weighted by Crippen LogP contribution is -2.60. The lowest BCUT2D eigenvalue weighted by atomic mass is 9.95. The molecule has 2 bridgehead atoms. The van der Waals surface area contributed by atoms with Gasteiger partial charge in [-0.3, -0.25) is 4.90 Å². The molecule has 5 aliphatic heterocycles. The molecule has 13 heteroatoms. The number of nitrogen functional groups attached to an aromatic ring is 1. The van der Waals surface area contributed by atoms with Crippen molar-refractivity contribution < 1.29 is 18.3 Å². The molecule has 3 N–H and O–H groups in total. The topological polar surface area (TPSA) is 113 Å². The molecular formula is C32H30ClF2N7O2S. The fraction of sp³-hybridized carbons (Fsp3) is 0.469. The number of halogens is 3. The largest absolute Gasteiger partial charge is 0.489 e. The Bertz CT molecular complexity index is 1950. The molecule has 0 radical (unpaired) electrons. The second-order valence-electron chi connectivity index (χ2n) is 13.0. The van der Waals surface area contributed by atoms with Crippen LogP contribution in [0.2, 0.25) is 5.02 Å². The normalized spacial score (nSPS) is 28.6. The van der Waals surface area contributed by atoms with E-state index in [0.717, 1.165) is 36.9 Å². The number of nitrogens with one attached hydrogen (secondary N) is 1. The highest BCUT2D eigenvalue weighted by Gasteiger charge is 2.50. The average Bonchev–Trinajstić information content (AvgIpc) is 3.74. The number of rotatable bonds is 4. The predicted octanol–water partition coefficient (Wildman–Crippen LogP) is 5.41. The molecule has 0 unspecified atom stereocenters. The second kappa shape index (κ2) is 10.00. The zero-order chi connectivity index (χ0) is 30.6. The number of thiophene rings is 1. The average molecular weight is 650 g/mol. The van der Waals surface area contributed by atoms with Gasteiger partial charge in [-0.05, 0) is 43.9 Å². The molecule has 4 fully saturated rings. The van der Waals surface area contributed by atoms with Gasteiger partial charge in [0.05, 0.1) is 27.6 Å². The number of piperazine rings is 1. The highest BCUT2D eigenvalue weighted by Crippen LogP contribution is 2.51. The SMILES string of the molecule is N#Cc1c(N)sc2cccc(-c3c(Cl)c4c5c(nc(OC[C@@]67CCCN6C[C@H](F)C7)nc5c3F)N3C[C@@H]5CC[C@@H](N5)[C@H]3CO4)c12. The third-order valence-electron chi connectivity index (χ3n) is 10.5. The van der Waals surface area contributed by atoms with E-state index in [0.29, 0.717) is 59.0 Å². The molecule has 4 saturated heterocycles. The monoisotopic (exact) mass is 649 g/mol. The standard InChI is InChI=1S/C32H30ClF2N7O2S/c33-25-23(17-3-1-4-21-22(17)18(10-36)29(37)45-21)26(35)27-24-28(25)43-13-20-19-6-5-16(38-19)12-42(20)30(24)40-31(39-27)44-14-32-7-2-8-41(32)11-15(34)9-32/h1,3-4,15-16,19-20,38H,2,5-9,11-14,37H2/t15-,16+,19-,20-,32+/m1/s1. The van der Waals surface area contributed by atoms with Crippen molar-refractivity contribution in [3.05, 3.63) is 34.6 Å². The Kier molecular flexibility index (Phi) is 6.17. The summed E-state index contributed by atoms with van der Waals surface area (Å²) in [5.41, 5.74) is 6.62. The summed E-state index contributed by atoms with van der Waals surface area (Å²) < 4.78 is 45.2. The van der Waals surface area contributed by atoms with Crippen molar-refractivity contribution in [2.45, 2.75) is 61.9 Å². The molecule has 9 rings (SSSR count). The van der Waals surface area contributed by atoms with Crippen LogP contribution in [0.15, 0.2) is 18.2 Å². The van der Waals surface area contributed by atoms with Gasteiger partial charge in [-0.1, -0.05) is 23.7 Å². The summed E-state index contributed by atoms with van der Waals surface area (Å²) in [5.74, 6) is 0.189. The van der Waals surface area contributed by atoms with E-state index in [1.54, 1.807) is 12.1 Å². The van der Waals surface area contributed by atoms with Crippen molar-refractivity contribution >= 4 is 54.7 Å². The number of benzene rings is 2. The number of ether oxygens (including phenoxy) is 2. The molecule has 4 aromatic rings. The molecule has 9 nitrogen and oxygen atoms in total. The molecule has 7 heterocycles. The molecule has 5 atom stereocenters. The van der Waals surface area contributed by atoms with Crippen molar-refractivity contribution in [2.24, 2.45) is 0 Å². The number of fused-ring (bicyclic) bond motifs is 7. The van der Waals surface area contributed by atoms with Crippen LogP contribution in [0.4, 0.5) is 19.6 Å². The van der Waals surface area contributed by atoms with Gasteiger partial charge in [0.15, 0.2) is 11.6 Å². The Labute approximate surface area is 266 Å². The fourth-order valence-electron chi connectivity index (χ4n) is 8.52. The number of hydrogen-bond donors (Lipinski definition) is 2. The smallest absolute Gasteiger partial charge is 0.319 e. The van der Waals surface area contributed by atoms with Gasteiger partial charge in [0, 0.05) is 47.2 Å². The van der Waals surface area contributed by atoms with Crippen molar-refractivity contribution in [3.63, 3.8) is 0 Å². The summed E-state index contributed by atoms with van der Waals surface area (Å²) >= 11 is 8.38. The van der Waals surface area contributed by atoms with Crippen LogP contribution >= 0.6 is 22.9 Å². The Morgan fingerprint density at radius 2 is 2.16 bits per heavy atom. The maximum absolute atomic E-state index is 17.1. The predicted molar refractivity (Wildman–Crippen MR) is 170 cm³/mol. The van der Waals surface area contributed by atoms with E-state index < -0.39 is 17.5 Å². The van der Waals surface area contributed by atoms with Crippen LogP contribution in [0, 0.1) is 17.1 Å². The van der Waals surface area contributed by atoms with Crippen LogP contribution in [0.1, 0.15) is 37.7 Å². The van der Waals surface area contributed by atoms with E-state index >= 15 is 4.39 Å². The molecule has 232 valence electrons. The summed E-state index contributed by atoms with van der Waals surface area (Å²) in [4.78, 5) is 14.0. The van der Waals surface area contributed by atoms with Gasteiger partial charge in [0.25, 0.3) is 0 Å². The molecule has 2 aromatic carbocycles. The van der Waals surface area contributed by atoms with Crippen LogP contribution in [-0.2, 0) is 0 Å². The number of aromatic nitrogens is 2. The highest BCUT2D eigenvalue weighted by molar-refractivity contribution is 7.23. The van der Waals surface area contributed by atoms with E-state index in [1.165, 1.54) is 11.3 Å². The van der Waals surface area contributed by atoms with Gasteiger partial charge in [0.2, 0.25) is 0 Å². The van der Waals surface area contributed by atoms with Gasteiger partial charge in [-0.2, -0.15) is 15.2 Å². The minimum absolute atomic E-state index is 0.0326. The first-order valence-electron chi connectivity index (χ1n) is 15.5. The lowest BCUT2D eigenvalue weighted by Gasteiger charge is -2.40. The van der Waals surface area contributed by atoms with E-state index in [-0.39, 0.29) is 52.4 Å². The maximum Gasteiger partial charge on any atom is 0.319 e. The van der Waals surface area contributed by atoms with Crippen molar-refractivity contribution in [2.75, 3.05) is 43.5 Å². The molecule has 45 heavy (non-hydrogen) atoms. The minimum Gasteiger partial charge on any atom is -0.489 e. The van der Waals surface area contributed by atoms with Crippen LogP contribution < -0.4 is 25.4 Å². The molecule has 2 aromatic heterocycles. The molecule has 5 aliphatic rings. The molecular weight excluding hydrogens is 620 g/mol. The quantitative estimate of drug-likeness (QED) is 0.300. The zero-order valence-electron chi connectivity index (χ0n) is 24.3. The van der Waals surface area contributed by atoms with Crippen LogP contribution in [0.5, 0.6) is 11.8 Å². The third kappa shape index (κ3) is 4.00. The van der Waals surface area contributed by atoms with Gasteiger partial charge in [-0.15, -0.1) is 11.3 Å². The number of hydrogen-bond acceptors (Lipinski definition) is 10. The molecule has 0 aliphatic carbocycles. The van der Waals surface area contributed by atoms with Crippen molar-refractivity contribution in [3.8, 4) is 29.0 Å². The maximum atomic E-state index is 17.1. The Hall–Kier alpha value is -3.50. The molecule has 0 spiro atoms. The van der Waals surface area contributed by atoms with Gasteiger partial charge in [-0.25, -0.2) is 8.78 Å². The summed E-state index contributed by atoms with van der Waals surface area (Å²) in [6.07, 6.45) is 3.34. The Morgan fingerprint density at radius 1 is 1.27 bits per heavy atom. The summed E-state index contributed by atoms with van der Waals surface area (Å²) in [6.45, 7) is 2.46. The van der Waals surface area contributed by atoms with Crippen molar-refractivity contribution in [1.29, 1.82) is 5.26 Å². The molecule has 0 saturated carbocycles. The Morgan fingerprint density at radius 3 is 3.02 bits per heavy atom.